The van der Waals surface area contributed by atoms with Gasteiger partial charge in [0.15, 0.2) is 5.82 Å². The van der Waals surface area contributed by atoms with Crippen LogP contribution in [-0.4, -0.2) is 20.0 Å². The molecule has 2 aromatic heterocycles. The van der Waals surface area contributed by atoms with E-state index in [0.29, 0.717) is 22.5 Å². The zero-order valence-electron chi connectivity index (χ0n) is 9.77. The number of ether oxygens (including phenoxy) is 1. The van der Waals surface area contributed by atoms with Gasteiger partial charge in [-0.25, -0.2) is 4.68 Å². The van der Waals surface area contributed by atoms with E-state index in [1.165, 1.54) is 0 Å². The van der Waals surface area contributed by atoms with Crippen molar-refractivity contribution in [2.75, 3.05) is 0 Å². The molecule has 0 saturated heterocycles. The maximum atomic E-state index is 5.80. The Balaban J connectivity index is 1.77. The highest BCUT2D eigenvalue weighted by molar-refractivity contribution is 6.30. The Kier molecular flexibility index (Phi) is 3.12. The van der Waals surface area contributed by atoms with Crippen LogP contribution in [0.25, 0.3) is 5.82 Å². The Bertz CT molecular complexity index is 650. The SMILES string of the molecule is Clc1ccc(Oc2ccc(-n3cccn3)nn2)cc1. The van der Waals surface area contributed by atoms with Gasteiger partial charge in [0.2, 0.25) is 5.88 Å². The van der Waals surface area contributed by atoms with Crippen LogP contribution < -0.4 is 4.74 Å². The van der Waals surface area contributed by atoms with Crippen LogP contribution in [0, 0.1) is 0 Å². The summed E-state index contributed by atoms with van der Waals surface area (Å²) in [5.74, 6) is 1.71. The molecule has 2 heterocycles. The third kappa shape index (κ3) is 2.71. The predicted octanol–water partition coefficient (Wildman–Crippen LogP) is 3.11. The van der Waals surface area contributed by atoms with E-state index in [1.807, 2.05) is 6.07 Å². The van der Waals surface area contributed by atoms with Gasteiger partial charge in [-0.1, -0.05) is 11.6 Å². The molecule has 1 aromatic carbocycles. The first-order chi connectivity index (χ1) is 9.31. The van der Waals surface area contributed by atoms with E-state index in [-0.39, 0.29) is 0 Å². The third-order valence-corrected chi connectivity index (χ3v) is 2.65. The second kappa shape index (κ2) is 5.07. The maximum absolute atomic E-state index is 5.80. The van der Waals surface area contributed by atoms with Crippen LogP contribution in [0.5, 0.6) is 11.6 Å². The molecule has 3 aromatic rings. The van der Waals surface area contributed by atoms with Gasteiger partial charge in [0, 0.05) is 23.5 Å². The molecule has 0 N–H and O–H groups in total. The van der Waals surface area contributed by atoms with E-state index in [4.69, 9.17) is 16.3 Å². The van der Waals surface area contributed by atoms with Crippen LogP contribution in [0.3, 0.4) is 0 Å². The molecular weight excluding hydrogens is 264 g/mol. The molecule has 19 heavy (non-hydrogen) atoms. The Labute approximate surface area is 114 Å². The molecule has 0 unspecified atom stereocenters. The number of hydrogen-bond acceptors (Lipinski definition) is 4. The highest BCUT2D eigenvalue weighted by atomic mass is 35.5. The molecular formula is C13H9ClN4O. The van der Waals surface area contributed by atoms with E-state index in [2.05, 4.69) is 15.3 Å². The average molecular weight is 273 g/mol. The average Bonchev–Trinajstić information content (AvgIpc) is 2.96. The molecule has 0 bridgehead atoms. The first-order valence-electron chi connectivity index (χ1n) is 5.58. The molecule has 0 radical (unpaired) electrons. The summed E-state index contributed by atoms with van der Waals surface area (Å²) in [5, 5.41) is 12.7. The normalized spacial score (nSPS) is 10.4. The van der Waals surface area contributed by atoms with Gasteiger partial charge >= 0.3 is 0 Å². The molecule has 0 amide bonds. The number of nitrogens with zero attached hydrogens (tertiary/aromatic N) is 4. The first-order valence-corrected chi connectivity index (χ1v) is 5.96. The van der Waals surface area contributed by atoms with Crippen LogP contribution in [-0.2, 0) is 0 Å². The molecule has 0 aliphatic rings. The Morgan fingerprint density at radius 3 is 2.47 bits per heavy atom. The summed E-state index contributed by atoms with van der Waals surface area (Å²) in [4.78, 5) is 0. The van der Waals surface area contributed by atoms with Gasteiger partial charge < -0.3 is 4.74 Å². The molecule has 0 saturated carbocycles. The van der Waals surface area contributed by atoms with Gasteiger partial charge in [-0.05, 0) is 36.4 Å². The van der Waals surface area contributed by atoms with Crippen molar-refractivity contribution in [1.29, 1.82) is 0 Å². The number of aromatic nitrogens is 4. The van der Waals surface area contributed by atoms with E-state index >= 15 is 0 Å². The smallest absolute Gasteiger partial charge is 0.238 e. The number of hydrogen-bond donors (Lipinski definition) is 0. The molecule has 3 rings (SSSR count). The van der Waals surface area contributed by atoms with Crippen LogP contribution in [0.1, 0.15) is 0 Å². The van der Waals surface area contributed by atoms with Crippen LogP contribution in [0.15, 0.2) is 54.9 Å². The van der Waals surface area contributed by atoms with Crippen molar-refractivity contribution < 1.29 is 4.74 Å². The fourth-order valence-corrected chi connectivity index (χ4v) is 1.64. The zero-order valence-corrected chi connectivity index (χ0v) is 10.5. The first kappa shape index (κ1) is 11.7. The second-order valence-corrected chi connectivity index (χ2v) is 4.17. The van der Waals surface area contributed by atoms with E-state index in [9.17, 15) is 0 Å². The largest absolute Gasteiger partial charge is 0.438 e. The fraction of sp³-hybridized carbons (Fsp3) is 0. The molecule has 0 atom stereocenters. The second-order valence-electron chi connectivity index (χ2n) is 3.74. The van der Waals surface area contributed by atoms with E-state index in [1.54, 1.807) is 53.5 Å². The van der Waals surface area contributed by atoms with Gasteiger partial charge in [-0.3, -0.25) is 0 Å². The van der Waals surface area contributed by atoms with Gasteiger partial charge in [0.1, 0.15) is 5.75 Å². The van der Waals surface area contributed by atoms with Crippen molar-refractivity contribution in [3.05, 3.63) is 59.9 Å². The summed E-state index contributed by atoms with van der Waals surface area (Å²) in [6.07, 6.45) is 3.48. The third-order valence-electron chi connectivity index (χ3n) is 2.40. The van der Waals surface area contributed by atoms with Crippen molar-refractivity contribution in [3.8, 4) is 17.4 Å². The minimum Gasteiger partial charge on any atom is -0.438 e. The lowest BCUT2D eigenvalue weighted by Crippen LogP contribution is -2.00. The Morgan fingerprint density at radius 2 is 1.84 bits per heavy atom. The minimum absolute atomic E-state index is 0.415. The molecule has 5 nitrogen and oxygen atoms in total. The molecule has 94 valence electrons. The molecule has 0 aliphatic carbocycles. The number of halogens is 1. The van der Waals surface area contributed by atoms with Crippen molar-refractivity contribution in [1.82, 2.24) is 20.0 Å². The molecule has 0 aliphatic heterocycles. The number of benzene rings is 1. The van der Waals surface area contributed by atoms with Gasteiger partial charge in [-0.15, -0.1) is 10.2 Å². The lowest BCUT2D eigenvalue weighted by Gasteiger charge is -2.04. The summed E-state index contributed by atoms with van der Waals surface area (Å²) in [6, 6.07) is 12.4. The maximum Gasteiger partial charge on any atom is 0.238 e. The Morgan fingerprint density at radius 1 is 1.00 bits per heavy atom. The van der Waals surface area contributed by atoms with Crippen molar-refractivity contribution in [2.24, 2.45) is 0 Å². The van der Waals surface area contributed by atoms with Gasteiger partial charge in [0.05, 0.1) is 0 Å². The summed E-state index contributed by atoms with van der Waals surface area (Å²) in [6.45, 7) is 0. The molecule has 0 fully saturated rings. The predicted molar refractivity (Wildman–Crippen MR) is 70.7 cm³/mol. The lowest BCUT2D eigenvalue weighted by molar-refractivity contribution is 0.454. The number of rotatable bonds is 3. The standard InChI is InChI=1S/C13H9ClN4O/c14-10-2-4-11(5-3-10)19-13-7-6-12(16-17-13)18-9-1-8-15-18/h1-9H. The fourth-order valence-electron chi connectivity index (χ4n) is 1.52. The quantitative estimate of drug-likeness (QED) is 0.735. The highest BCUT2D eigenvalue weighted by Gasteiger charge is 2.02. The summed E-state index contributed by atoms with van der Waals surface area (Å²) in [5.41, 5.74) is 0. The summed E-state index contributed by atoms with van der Waals surface area (Å²) in [7, 11) is 0. The lowest BCUT2D eigenvalue weighted by atomic mass is 10.3. The topological polar surface area (TPSA) is 52.8 Å². The van der Waals surface area contributed by atoms with Gasteiger partial charge in [0.25, 0.3) is 0 Å². The molecule has 6 heteroatoms. The van der Waals surface area contributed by atoms with Crippen LogP contribution in [0.2, 0.25) is 5.02 Å². The Hall–Kier alpha value is -2.40. The summed E-state index contributed by atoms with van der Waals surface area (Å²) >= 11 is 5.80. The van der Waals surface area contributed by atoms with E-state index in [0.717, 1.165) is 0 Å². The van der Waals surface area contributed by atoms with Crippen molar-refractivity contribution in [2.45, 2.75) is 0 Å². The van der Waals surface area contributed by atoms with Crippen LogP contribution >= 0.6 is 11.6 Å². The van der Waals surface area contributed by atoms with Crippen LogP contribution in [0.4, 0.5) is 0 Å². The summed E-state index contributed by atoms with van der Waals surface area (Å²) < 4.78 is 7.17. The van der Waals surface area contributed by atoms with Crippen molar-refractivity contribution >= 4 is 11.6 Å². The minimum atomic E-state index is 0.415. The van der Waals surface area contributed by atoms with E-state index < -0.39 is 0 Å². The monoisotopic (exact) mass is 272 g/mol. The highest BCUT2D eigenvalue weighted by Crippen LogP contribution is 2.21. The zero-order chi connectivity index (χ0) is 13.1. The van der Waals surface area contributed by atoms with Crippen molar-refractivity contribution in [3.63, 3.8) is 0 Å². The molecule has 0 spiro atoms. The van der Waals surface area contributed by atoms with Gasteiger partial charge in [-0.2, -0.15) is 5.10 Å².